The van der Waals surface area contributed by atoms with Crippen LogP contribution < -0.4 is 0 Å². The van der Waals surface area contributed by atoms with E-state index in [4.69, 9.17) is 4.74 Å². The van der Waals surface area contributed by atoms with Crippen LogP contribution in [0.25, 0.3) is 0 Å². The first-order valence-electron chi connectivity index (χ1n) is 6.15. The molecule has 100 valence electrons. The third-order valence-corrected chi connectivity index (χ3v) is 2.68. The van der Waals surface area contributed by atoms with Crippen LogP contribution >= 0.6 is 0 Å². The second-order valence-corrected chi connectivity index (χ2v) is 4.18. The van der Waals surface area contributed by atoms with Crippen molar-refractivity contribution in [2.45, 2.75) is 19.4 Å². The van der Waals surface area contributed by atoms with E-state index in [0.29, 0.717) is 26.1 Å². The molecule has 0 unspecified atom stereocenters. The van der Waals surface area contributed by atoms with Crippen molar-refractivity contribution in [3.05, 3.63) is 35.9 Å². The molecule has 1 aliphatic heterocycles. The van der Waals surface area contributed by atoms with Crippen LogP contribution in [0.15, 0.2) is 35.3 Å². The molecular formula is C14H15NO4. The van der Waals surface area contributed by atoms with Crippen molar-refractivity contribution in [3.8, 4) is 0 Å². The van der Waals surface area contributed by atoms with Crippen LogP contribution in [0.1, 0.15) is 18.4 Å². The summed E-state index contributed by atoms with van der Waals surface area (Å²) < 4.78 is 10.0. The van der Waals surface area contributed by atoms with Crippen LogP contribution in [0.2, 0.25) is 0 Å². The zero-order chi connectivity index (χ0) is 13.5. The minimum Gasteiger partial charge on any atom is -0.441 e. The van der Waals surface area contributed by atoms with Crippen LogP contribution in [-0.4, -0.2) is 30.8 Å². The monoisotopic (exact) mass is 261 g/mol. The van der Waals surface area contributed by atoms with Gasteiger partial charge in [-0.25, -0.2) is 4.79 Å². The molecule has 19 heavy (non-hydrogen) atoms. The average molecular weight is 261 g/mol. The predicted octanol–water partition coefficient (Wildman–Crippen LogP) is 2.14. The Hall–Kier alpha value is -2.01. The van der Waals surface area contributed by atoms with E-state index in [1.165, 1.54) is 0 Å². The summed E-state index contributed by atoms with van der Waals surface area (Å²) in [5, 5.41) is 0. The van der Waals surface area contributed by atoms with E-state index in [0.717, 1.165) is 5.56 Å². The fraction of sp³-hybridized carbons (Fsp3) is 0.357. The molecule has 0 fully saturated rings. The number of nitrogens with zero attached hydrogens (tertiary/aromatic N) is 1. The standard InChI is InChI=1S/C14H15NO4/c16-13(12-10-19-14(17)15-12)7-4-8-18-9-11-5-2-1-3-6-11/h1-3,5-6H,4,7-10H2. The lowest BCUT2D eigenvalue weighted by molar-refractivity contribution is -0.113. The first-order valence-corrected chi connectivity index (χ1v) is 6.15. The Bertz CT molecular complexity index is 481. The normalized spacial score (nSPS) is 14.1. The number of hydrogen-bond donors (Lipinski definition) is 0. The molecule has 0 saturated carbocycles. The van der Waals surface area contributed by atoms with E-state index < -0.39 is 6.09 Å². The number of benzene rings is 1. The average Bonchev–Trinajstić information content (AvgIpc) is 2.86. The summed E-state index contributed by atoms with van der Waals surface area (Å²) in [6, 6.07) is 9.84. The van der Waals surface area contributed by atoms with Crippen molar-refractivity contribution < 1.29 is 19.1 Å². The minimum absolute atomic E-state index is 0.00252. The number of Topliss-reactive ketones (excluding diaryl/α,β-unsaturated/α-hetero) is 1. The predicted molar refractivity (Wildman–Crippen MR) is 69.1 cm³/mol. The number of amides is 1. The maximum atomic E-state index is 11.6. The summed E-state index contributed by atoms with van der Waals surface area (Å²) in [6.45, 7) is 1.04. The number of carbonyl (C=O) groups is 2. The molecule has 1 aromatic carbocycles. The van der Waals surface area contributed by atoms with Gasteiger partial charge in [0, 0.05) is 13.0 Å². The van der Waals surface area contributed by atoms with Crippen molar-refractivity contribution in [2.75, 3.05) is 13.2 Å². The summed E-state index contributed by atoms with van der Waals surface area (Å²) in [6.07, 6.45) is 0.257. The molecule has 1 heterocycles. The van der Waals surface area contributed by atoms with E-state index in [9.17, 15) is 9.59 Å². The summed E-state index contributed by atoms with van der Waals surface area (Å²) in [4.78, 5) is 25.8. The molecule has 2 rings (SSSR count). The molecule has 5 heteroatoms. The largest absolute Gasteiger partial charge is 0.441 e. The van der Waals surface area contributed by atoms with Gasteiger partial charge in [-0.05, 0) is 12.0 Å². The molecule has 0 radical (unpaired) electrons. The first-order chi connectivity index (χ1) is 9.25. The summed E-state index contributed by atoms with van der Waals surface area (Å²) >= 11 is 0. The van der Waals surface area contributed by atoms with Crippen molar-refractivity contribution in [2.24, 2.45) is 4.99 Å². The maximum Gasteiger partial charge on any atom is 0.434 e. The molecule has 0 aromatic heterocycles. The van der Waals surface area contributed by atoms with Gasteiger partial charge in [0.25, 0.3) is 0 Å². The molecule has 0 N–H and O–H groups in total. The molecule has 0 saturated heterocycles. The van der Waals surface area contributed by atoms with Gasteiger partial charge >= 0.3 is 6.09 Å². The van der Waals surface area contributed by atoms with E-state index in [1.54, 1.807) is 0 Å². The van der Waals surface area contributed by atoms with E-state index >= 15 is 0 Å². The maximum absolute atomic E-state index is 11.6. The molecule has 1 amide bonds. The highest BCUT2D eigenvalue weighted by Gasteiger charge is 2.20. The quantitative estimate of drug-likeness (QED) is 0.705. The molecule has 0 aliphatic carbocycles. The second kappa shape index (κ2) is 6.80. The number of carbonyl (C=O) groups excluding carboxylic acids is 2. The van der Waals surface area contributed by atoms with E-state index in [-0.39, 0.29) is 18.1 Å². The van der Waals surface area contributed by atoms with Crippen molar-refractivity contribution in [3.63, 3.8) is 0 Å². The smallest absolute Gasteiger partial charge is 0.434 e. The molecule has 5 nitrogen and oxygen atoms in total. The van der Waals surface area contributed by atoms with Gasteiger partial charge in [0.2, 0.25) is 0 Å². The highest BCUT2D eigenvalue weighted by atomic mass is 16.6. The fourth-order valence-electron chi connectivity index (χ4n) is 1.69. The topological polar surface area (TPSA) is 65.0 Å². The highest BCUT2D eigenvalue weighted by molar-refractivity contribution is 6.42. The summed E-state index contributed by atoms with van der Waals surface area (Å²) in [5.74, 6) is -0.144. The van der Waals surface area contributed by atoms with Crippen LogP contribution in [0.4, 0.5) is 4.79 Å². The van der Waals surface area contributed by atoms with Gasteiger partial charge in [0.1, 0.15) is 12.3 Å². The van der Waals surface area contributed by atoms with Gasteiger partial charge in [-0.2, -0.15) is 4.99 Å². The SMILES string of the molecule is O=C1N=C(C(=O)CCCOCc2ccccc2)CO1. The number of ether oxygens (including phenoxy) is 2. The van der Waals surface area contributed by atoms with Gasteiger partial charge in [0.15, 0.2) is 5.78 Å². The zero-order valence-electron chi connectivity index (χ0n) is 10.5. The lowest BCUT2D eigenvalue weighted by Crippen LogP contribution is -2.16. The zero-order valence-corrected chi connectivity index (χ0v) is 10.5. The molecule has 0 bridgehead atoms. The Morgan fingerprint density at radius 1 is 1.32 bits per heavy atom. The number of aliphatic imine (C=N–C) groups is 1. The van der Waals surface area contributed by atoms with Gasteiger partial charge in [-0.15, -0.1) is 0 Å². The second-order valence-electron chi connectivity index (χ2n) is 4.18. The molecule has 1 aliphatic rings. The summed E-state index contributed by atoms with van der Waals surface area (Å²) in [5.41, 5.74) is 1.32. The minimum atomic E-state index is -0.677. The van der Waals surface area contributed by atoms with Crippen molar-refractivity contribution in [1.29, 1.82) is 0 Å². The molecular weight excluding hydrogens is 246 g/mol. The van der Waals surface area contributed by atoms with Crippen LogP contribution in [-0.2, 0) is 20.9 Å². The van der Waals surface area contributed by atoms with E-state index in [1.807, 2.05) is 30.3 Å². The first kappa shape index (κ1) is 13.4. The van der Waals surface area contributed by atoms with E-state index in [2.05, 4.69) is 9.73 Å². The van der Waals surface area contributed by atoms with Crippen LogP contribution in [0.5, 0.6) is 0 Å². The Balaban J connectivity index is 1.61. The lowest BCUT2D eigenvalue weighted by atomic mass is 10.1. The Morgan fingerprint density at radius 3 is 2.79 bits per heavy atom. The lowest BCUT2D eigenvalue weighted by Gasteiger charge is -2.03. The number of rotatable bonds is 7. The number of cyclic esters (lactones) is 1. The van der Waals surface area contributed by atoms with Gasteiger partial charge in [-0.3, -0.25) is 4.79 Å². The van der Waals surface area contributed by atoms with Crippen molar-refractivity contribution in [1.82, 2.24) is 0 Å². The molecule has 1 aromatic rings. The fourth-order valence-corrected chi connectivity index (χ4v) is 1.69. The highest BCUT2D eigenvalue weighted by Crippen LogP contribution is 2.04. The van der Waals surface area contributed by atoms with Gasteiger partial charge < -0.3 is 9.47 Å². The third kappa shape index (κ3) is 4.30. The van der Waals surface area contributed by atoms with Crippen molar-refractivity contribution >= 4 is 17.6 Å². The Morgan fingerprint density at radius 2 is 2.11 bits per heavy atom. The molecule has 0 spiro atoms. The third-order valence-electron chi connectivity index (χ3n) is 2.68. The Kier molecular flexibility index (Phi) is 4.80. The van der Waals surface area contributed by atoms with Crippen LogP contribution in [0, 0.1) is 0 Å². The Labute approximate surface area is 111 Å². The number of ketones is 1. The summed E-state index contributed by atoms with van der Waals surface area (Å²) in [7, 11) is 0. The molecule has 0 atom stereocenters. The van der Waals surface area contributed by atoms with Gasteiger partial charge in [-0.1, -0.05) is 30.3 Å². The number of hydrogen-bond acceptors (Lipinski definition) is 4. The van der Waals surface area contributed by atoms with Crippen LogP contribution in [0.3, 0.4) is 0 Å². The van der Waals surface area contributed by atoms with Gasteiger partial charge in [0.05, 0.1) is 6.61 Å².